The Hall–Kier alpha value is -2.93. The molecule has 7 nitrogen and oxygen atoms in total. The average Bonchev–Trinajstić information content (AvgIpc) is 2.59. The second kappa shape index (κ2) is 8.07. The third kappa shape index (κ3) is 4.79. The highest BCUT2D eigenvalue weighted by Crippen LogP contribution is 2.18. The molecule has 1 amide bonds. The zero-order valence-electron chi connectivity index (χ0n) is 12.7. The molecule has 0 spiro atoms. The van der Waals surface area contributed by atoms with Crippen LogP contribution in [0.5, 0.6) is 5.75 Å². The number of para-hydroxylation sites is 1. The summed E-state index contributed by atoms with van der Waals surface area (Å²) >= 11 is 5.75. The van der Waals surface area contributed by atoms with E-state index in [2.05, 4.69) is 10.5 Å². The second-order valence-corrected chi connectivity index (χ2v) is 5.19. The molecule has 1 N–H and O–H groups in total. The average molecular weight is 348 g/mol. The molecule has 0 heterocycles. The van der Waals surface area contributed by atoms with Gasteiger partial charge in [0.15, 0.2) is 6.61 Å². The van der Waals surface area contributed by atoms with Gasteiger partial charge in [0.05, 0.1) is 16.2 Å². The lowest BCUT2D eigenvalue weighted by Gasteiger charge is -2.06. The number of benzene rings is 2. The van der Waals surface area contributed by atoms with Crippen molar-refractivity contribution in [3.05, 3.63) is 69.2 Å². The number of rotatable bonds is 6. The van der Waals surface area contributed by atoms with Crippen molar-refractivity contribution >= 4 is 28.9 Å². The molecule has 0 fully saturated rings. The summed E-state index contributed by atoms with van der Waals surface area (Å²) in [6.45, 7) is 1.33. The van der Waals surface area contributed by atoms with Crippen molar-refractivity contribution < 1.29 is 14.5 Å². The van der Waals surface area contributed by atoms with Crippen molar-refractivity contribution in [1.29, 1.82) is 0 Å². The number of hydrogen-bond donors (Lipinski definition) is 1. The highest BCUT2D eigenvalue weighted by Gasteiger charge is 2.14. The molecular weight excluding hydrogens is 334 g/mol. The van der Waals surface area contributed by atoms with Gasteiger partial charge in [0.2, 0.25) is 0 Å². The van der Waals surface area contributed by atoms with Gasteiger partial charge < -0.3 is 4.74 Å². The van der Waals surface area contributed by atoms with E-state index < -0.39 is 10.8 Å². The molecule has 0 aliphatic carbocycles. The summed E-state index contributed by atoms with van der Waals surface area (Å²) in [5.41, 5.74) is 2.88. The van der Waals surface area contributed by atoms with E-state index in [4.69, 9.17) is 16.3 Å². The van der Waals surface area contributed by atoms with Gasteiger partial charge >= 0.3 is 0 Å². The van der Waals surface area contributed by atoms with Crippen molar-refractivity contribution in [2.75, 3.05) is 6.61 Å². The molecule has 0 atom stereocenters. The van der Waals surface area contributed by atoms with Gasteiger partial charge in [0.25, 0.3) is 11.6 Å². The first kappa shape index (κ1) is 17.4. The fourth-order valence-corrected chi connectivity index (χ4v) is 1.98. The van der Waals surface area contributed by atoms with Crippen LogP contribution in [-0.2, 0) is 4.79 Å². The fourth-order valence-electron chi connectivity index (χ4n) is 1.86. The van der Waals surface area contributed by atoms with E-state index in [1.54, 1.807) is 49.4 Å². The van der Waals surface area contributed by atoms with Gasteiger partial charge in [0, 0.05) is 11.1 Å². The molecule has 0 radical (unpaired) electrons. The lowest BCUT2D eigenvalue weighted by molar-refractivity contribution is -0.385. The number of ether oxygens (including phenoxy) is 1. The predicted octanol–water partition coefficient (Wildman–Crippen LogP) is 3.17. The highest BCUT2D eigenvalue weighted by atomic mass is 35.5. The molecule has 2 aromatic carbocycles. The number of halogens is 1. The number of carbonyl (C=O) groups is 1. The number of nitrogens with one attached hydrogen (secondary N) is 1. The van der Waals surface area contributed by atoms with Gasteiger partial charge in [-0.1, -0.05) is 23.7 Å². The van der Waals surface area contributed by atoms with E-state index in [9.17, 15) is 14.9 Å². The Morgan fingerprint density at radius 3 is 2.58 bits per heavy atom. The summed E-state index contributed by atoms with van der Waals surface area (Å²) in [6.07, 6.45) is 0. The quantitative estimate of drug-likeness (QED) is 0.493. The van der Waals surface area contributed by atoms with Crippen LogP contribution in [0, 0.1) is 10.1 Å². The van der Waals surface area contributed by atoms with Gasteiger partial charge in [-0.05, 0) is 37.3 Å². The van der Waals surface area contributed by atoms with Crippen molar-refractivity contribution in [3.8, 4) is 5.75 Å². The van der Waals surface area contributed by atoms with Gasteiger partial charge in [-0.3, -0.25) is 14.9 Å². The van der Waals surface area contributed by atoms with Crippen molar-refractivity contribution in [2.24, 2.45) is 5.10 Å². The summed E-state index contributed by atoms with van der Waals surface area (Å²) in [5, 5.41) is 15.4. The van der Waals surface area contributed by atoms with E-state index in [-0.39, 0.29) is 12.3 Å². The lowest BCUT2D eigenvalue weighted by Crippen LogP contribution is -2.25. The minimum atomic E-state index is -0.500. The third-order valence-corrected chi connectivity index (χ3v) is 3.27. The molecule has 0 unspecified atom stereocenters. The van der Waals surface area contributed by atoms with Gasteiger partial charge in [-0.2, -0.15) is 5.10 Å². The molecule has 2 rings (SSSR count). The number of hydrogen-bond acceptors (Lipinski definition) is 5. The zero-order chi connectivity index (χ0) is 17.5. The van der Waals surface area contributed by atoms with Crippen molar-refractivity contribution in [1.82, 2.24) is 5.43 Å². The lowest BCUT2D eigenvalue weighted by atomic mass is 10.1. The normalized spacial score (nSPS) is 11.0. The Labute approximate surface area is 143 Å². The maximum Gasteiger partial charge on any atom is 0.278 e. The van der Waals surface area contributed by atoms with Gasteiger partial charge in [0.1, 0.15) is 5.75 Å². The molecule has 0 saturated heterocycles. The molecule has 0 aliphatic heterocycles. The van der Waals surface area contributed by atoms with E-state index in [0.29, 0.717) is 22.0 Å². The Bertz CT molecular complexity index is 775. The largest absolute Gasteiger partial charge is 0.484 e. The SMILES string of the molecule is C/C(=N/NC(=O)COc1ccc(Cl)cc1)c1ccccc1[N+](=O)[O-]. The summed E-state index contributed by atoms with van der Waals surface area (Å²) in [4.78, 5) is 22.2. The molecule has 24 heavy (non-hydrogen) atoms. The first-order chi connectivity index (χ1) is 11.5. The molecular formula is C16H14ClN3O4. The highest BCUT2D eigenvalue weighted by molar-refractivity contribution is 6.30. The number of amides is 1. The summed E-state index contributed by atoms with van der Waals surface area (Å²) < 4.78 is 5.27. The monoisotopic (exact) mass is 347 g/mol. The standard InChI is InChI=1S/C16H14ClN3O4/c1-11(14-4-2-3-5-15(14)20(22)23)18-19-16(21)10-24-13-8-6-12(17)7-9-13/h2-9H,10H2,1H3,(H,19,21)/b18-11-. The van der Waals surface area contributed by atoms with Crippen LogP contribution in [0.15, 0.2) is 53.6 Å². The smallest absolute Gasteiger partial charge is 0.278 e. The van der Waals surface area contributed by atoms with Crippen molar-refractivity contribution in [2.45, 2.75) is 6.92 Å². The number of nitrogens with zero attached hydrogens (tertiary/aromatic N) is 2. The van der Waals surface area contributed by atoms with Crippen LogP contribution in [0.4, 0.5) is 5.69 Å². The van der Waals surface area contributed by atoms with E-state index in [1.165, 1.54) is 6.07 Å². The molecule has 0 bridgehead atoms. The van der Waals surface area contributed by atoms with Gasteiger partial charge in [-0.15, -0.1) is 0 Å². The summed E-state index contributed by atoms with van der Waals surface area (Å²) in [5.74, 6) is 0.0110. The van der Waals surface area contributed by atoms with Crippen LogP contribution in [0.3, 0.4) is 0 Å². The second-order valence-electron chi connectivity index (χ2n) is 4.75. The Morgan fingerprint density at radius 1 is 1.25 bits per heavy atom. The minimum absolute atomic E-state index is 0.0783. The fraction of sp³-hybridized carbons (Fsp3) is 0.125. The molecule has 0 aromatic heterocycles. The summed E-state index contributed by atoms with van der Waals surface area (Å²) in [6, 6.07) is 12.7. The van der Waals surface area contributed by atoms with Gasteiger partial charge in [-0.25, -0.2) is 5.43 Å². The maximum atomic E-state index is 11.7. The number of nitro groups is 1. The van der Waals surface area contributed by atoms with E-state index >= 15 is 0 Å². The van der Waals surface area contributed by atoms with Crippen LogP contribution in [0.1, 0.15) is 12.5 Å². The van der Waals surface area contributed by atoms with Crippen LogP contribution in [-0.4, -0.2) is 23.1 Å². The minimum Gasteiger partial charge on any atom is -0.484 e. The molecule has 0 aliphatic rings. The van der Waals surface area contributed by atoms with E-state index in [1.807, 2.05) is 0 Å². The molecule has 2 aromatic rings. The van der Waals surface area contributed by atoms with Crippen LogP contribution >= 0.6 is 11.6 Å². The maximum absolute atomic E-state index is 11.7. The first-order valence-electron chi connectivity index (χ1n) is 6.92. The number of nitro benzene ring substituents is 1. The van der Waals surface area contributed by atoms with Crippen LogP contribution in [0.2, 0.25) is 5.02 Å². The van der Waals surface area contributed by atoms with Crippen molar-refractivity contribution in [3.63, 3.8) is 0 Å². The predicted molar refractivity (Wildman–Crippen MR) is 90.4 cm³/mol. The zero-order valence-corrected chi connectivity index (χ0v) is 13.5. The third-order valence-electron chi connectivity index (χ3n) is 3.02. The topological polar surface area (TPSA) is 93.8 Å². The molecule has 124 valence electrons. The van der Waals surface area contributed by atoms with Crippen LogP contribution in [0.25, 0.3) is 0 Å². The summed E-state index contributed by atoms with van der Waals surface area (Å²) in [7, 11) is 0. The Kier molecular flexibility index (Phi) is 5.86. The Balaban J connectivity index is 1.96. The molecule has 8 heteroatoms. The van der Waals surface area contributed by atoms with Crippen LogP contribution < -0.4 is 10.2 Å². The number of hydrazone groups is 1. The Morgan fingerprint density at radius 2 is 1.92 bits per heavy atom. The first-order valence-corrected chi connectivity index (χ1v) is 7.30. The molecule has 0 saturated carbocycles. The van der Waals surface area contributed by atoms with E-state index in [0.717, 1.165) is 0 Å². The number of carbonyl (C=O) groups excluding carboxylic acids is 1.